The molecule has 0 saturated heterocycles. The number of methoxy groups -OCH3 is 1. The number of thiazole rings is 1. The predicted molar refractivity (Wildman–Crippen MR) is 141 cm³/mol. The van der Waals surface area contributed by atoms with Crippen molar-refractivity contribution in [1.82, 2.24) is 9.88 Å². The predicted octanol–water partition coefficient (Wildman–Crippen LogP) is 2.89. The van der Waals surface area contributed by atoms with Crippen LogP contribution < -0.4 is 9.64 Å². The standard InChI is InChI=1S/C22H27N3O6S3.ClH/c1-24(2)12-13-25(22-23-19-10-9-18(33(4,27)28)15-20(19)32-22)21(26)11-14-34(29,30)17-7-5-16(31-3)6-8-17;/h5-10,15H,11-14H2,1-4H3;1H. The van der Waals surface area contributed by atoms with Crippen molar-refractivity contribution in [3.05, 3.63) is 42.5 Å². The van der Waals surface area contributed by atoms with Gasteiger partial charge in [-0.25, -0.2) is 21.8 Å². The van der Waals surface area contributed by atoms with Gasteiger partial charge in [0.15, 0.2) is 24.8 Å². The van der Waals surface area contributed by atoms with Crippen molar-refractivity contribution < 1.29 is 26.4 Å². The molecule has 0 unspecified atom stereocenters. The molecule has 1 aromatic heterocycles. The molecule has 0 aliphatic carbocycles. The maximum atomic E-state index is 13.1. The van der Waals surface area contributed by atoms with Gasteiger partial charge >= 0.3 is 0 Å². The number of carbonyl (C=O) groups excluding carboxylic acids is 1. The van der Waals surface area contributed by atoms with Crippen LogP contribution in [0.3, 0.4) is 0 Å². The van der Waals surface area contributed by atoms with Crippen LogP contribution in [0.2, 0.25) is 0 Å². The molecule has 1 heterocycles. The molecule has 0 fully saturated rings. The molecule has 0 bridgehead atoms. The second kappa shape index (κ2) is 11.7. The van der Waals surface area contributed by atoms with Gasteiger partial charge in [0, 0.05) is 25.8 Å². The van der Waals surface area contributed by atoms with Crippen molar-refractivity contribution >= 4 is 64.7 Å². The Morgan fingerprint density at radius 2 is 1.63 bits per heavy atom. The number of hydrogen-bond acceptors (Lipinski definition) is 9. The fraction of sp³-hybridized carbons (Fsp3) is 0.364. The Bertz CT molecular complexity index is 1390. The van der Waals surface area contributed by atoms with Crippen LogP contribution in [-0.2, 0) is 24.5 Å². The first-order valence-corrected chi connectivity index (χ1v) is 14.7. The van der Waals surface area contributed by atoms with Gasteiger partial charge in [0.05, 0.1) is 32.9 Å². The van der Waals surface area contributed by atoms with E-state index in [2.05, 4.69) is 4.98 Å². The van der Waals surface area contributed by atoms with E-state index in [1.807, 2.05) is 19.0 Å². The van der Waals surface area contributed by atoms with Crippen LogP contribution in [0, 0.1) is 0 Å². The highest BCUT2D eigenvalue weighted by Crippen LogP contribution is 2.31. The molecule has 0 radical (unpaired) electrons. The second-order valence-electron chi connectivity index (χ2n) is 7.99. The monoisotopic (exact) mass is 561 g/mol. The topological polar surface area (TPSA) is 114 Å². The zero-order valence-corrected chi connectivity index (χ0v) is 23.1. The van der Waals surface area contributed by atoms with Gasteiger partial charge in [-0.05, 0) is 56.6 Å². The maximum Gasteiger partial charge on any atom is 0.229 e. The highest BCUT2D eigenvalue weighted by Gasteiger charge is 2.24. The number of ether oxygens (including phenoxy) is 1. The number of fused-ring (bicyclic) bond motifs is 1. The number of nitrogens with zero attached hydrogens (tertiary/aromatic N) is 3. The highest BCUT2D eigenvalue weighted by atomic mass is 35.5. The van der Waals surface area contributed by atoms with E-state index < -0.39 is 19.7 Å². The number of rotatable bonds is 10. The summed E-state index contributed by atoms with van der Waals surface area (Å²) in [7, 11) is -1.82. The Balaban J connectivity index is 0.00000432. The number of amides is 1. The summed E-state index contributed by atoms with van der Waals surface area (Å²) in [6, 6.07) is 10.6. The molecule has 0 aliphatic heterocycles. The van der Waals surface area contributed by atoms with Crippen LogP contribution in [0.4, 0.5) is 5.13 Å². The lowest BCUT2D eigenvalue weighted by molar-refractivity contribution is -0.118. The smallest absolute Gasteiger partial charge is 0.229 e. The molecule has 1 amide bonds. The Morgan fingerprint density at radius 3 is 2.20 bits per heavy atom. The van der Waals surface area contributed by atoms with Gasteiger partial charge in [-0.3, -0.25) is 9.69 Å². The number of carbonyl (C=O) groups is 1. The van der Waals surface area contributed by atoms with Crippen molar-refractivity contribution in [3.63, 3.8) is 0 Å². The van der Waals surface area contributed by atoms with Crippen LogP contribution in [0.15, 0.2) is 52.3 Å². The van der Waals surface area contributed by atoms with Crippen LogP contribution in [-0.4, -0.2) is 78.9 Å². The van der Waals surface area contributed by atoms with Gasteiger partial charge < -0.3 is 9.64 Å². The van der Waals surface area contributed by atoms with Crippen LogP contribution in [0.1, 0.15) is 6.42 Å². The molecule has 9 nitrogen and oxygen atoms in total. The third kappa shape index (κ3) is 7.37. The minimum atomic E-state index is -3.67. The minimum Gasteiger partial charge on any atom is -0.497 e. The van der Waals surface area contributed by atoms with Crippen LogP contribution in [0.5, 0.6) is 5.75 Å². The van der Waals surface area contributed by atoms with E-state index in [0.717, 1.165) is 6.26 Å². The molecular formula is C22H28ClN3O6S3. The van der Waals surface area contributed by atoms with Crippen molar-refractivity contribution in [2.75, 3.05) is 51.2 Å². The first-order chi connectivity index (χ1) is 15.9. The summed E-state index contributed by atoms with van der Waals surface area (Å²) in [4.78, 5) is 21.3. The van der Waals surface area contributed by atoms with Crippen LogP contribution >= 0.6 is 23.7 Å². The third-order valence-corrected chi connectivity index (χ3v) is 8.97. The number of likely N-dealkylation sites (N-methyl/N-ethyl adjacent to an activating group) is 1. The van der Waals surface area contributed by atoms with E-state index in [1.54, 1.807) is 18.2 Å². The number of hydrogen-bond donors (Lipinski definition) is 0. The summed E-state index contributed by atoms with van der Waals surface area (Å²) < 4.78 is 54.9. The third-order valence-electron chi connectivity index (χ3n) is 5.08. The largest absolute Gasteiger partial charge is 0.497 e. The number of sulfone groups is 2. The van der Waals surface area contributed by atoms with E-state index in [0.29, 0.717) is 34.2 Å². The minimum absolute atomic E-state index is 0. The van der Waals surface area contributed by atoms with Crippen molar-refractivity contribution in [2.45, 2.75) is 16.2 Å². The van der Waals surface area contributed by atoms with Gasteiger partial charge in [-0.2, -0.15) is 0 Å². The summed E-state index contributed by atoms with van der Waals surface area (Å²) in [6.45, 7) is 0.856. The summed E-state index contributed by atoms with van der Waals surface area (Å²) in [6.07, 6.45) is 0.915. The Hall–Kier alpha value is -2.25. The average molecular weight is 562 g/mol. The molecule has 3 aromatic rings. The number of benzene rings is 2. The molecule has 13 heteroatoms. The highest BCUT2D eigenvalue weighted by molar-refractivity contribution is 7.91. The molecule has 192 valence electrons. The van der Waals surface area contributed by atoms with Gasteiger partial charge in [0.1, 0.15) is 5.75 Å². The Labute approximate surface area is 216 Å². The second-order valence-corrected chi connectivity index (χ2v) is 13.1. The number of halogens is 1. The van der Waals surface area contributed by atoms with Crippen LogP contribution in [0.25, 0.3) is 10.2 Å². The van der Waals surface area contributed by atoms with E-state index >= 15 is 0 Å². The lowest BCUT2D eigenvalue weighted by atomic mass is 10.3. The molecule has 3 rings (SSSR count). The SMILES string of the molecule is COc1ccc(S(=O)(=O)CCC(=O)N(CCN(C)C)c2nc3ccc(S(C)(=O)=O)cc3s2)cc1.Cl. The van der Waals surface area contributed by atoms with Crippen molar-refractivity contribution in [1.29, 1.82) is 0 Å². The van der Waals surface area contributed by atoms with Gasteiger partial charge in [-0.1, -0.05) is 11.3 Å². The first-order valence-electron chi connectivity index (χ1n) is 10.3. The molecule has 35 heavy (non-hydrogen) atoms. The fourth-order valence-corrected chi connectivity index (χ4v) is 6.12. The zero-order chi connectivity index (χ0) is 25.1. The molecule has 0 saturated carbocycles. The Morgan fingerprint density at radius 1 is 1.00 bits per heavy atom. The van der Waals surface area contributed by atoms with E-state index in [9.17, 15) is 21.6 Å². The molecular weight excluding hydrogens is 534 g/mol. The van der Waals surface area contributed by atoms with E-state index in [-0.39, 0.29) is 40.3 Å². The summed E-state index contributed by atoms with van der Waals surface area (Å²) in [5.74, 6) is -0.180. The lowest BCUT2D eigenvalue weighted by Crippen LogP contribution is -2.37. The molecule has 0 atom stereocenters. The number of anilines is 1. The van der Waals surface area contributed by atoms with Gasteiger partial charge in [0.25, 0.3) is 0 Å². The first kappa shape index (κ1) is 29.0. The Kier molecular flexibility index (Phi) is 9.65. The summed E-state index contributed by atoms with van der Waals surface area (Å²) in [5, 5.41) is 0.398. The van der Waals surface area contributed by atoms with Gasteiger partial charge in [-0.15, -0.1) is 12.4 Å². The molecule has 0 N–H and O–H groups in total. The normalized spacial score (nSPS) is 11.9. The maximum absolute atomic E-state index is 13.1. The number of aromatic nitrogens is 1. The van der Waals surface area contributed by atoms with Gasteiger partial charge in [0.2, 0.25) is 5.91 Å². The summed E-state index contributed by atoms with van der Waals surface area (Å²) in [5.41, 5.74) is 0.570. The average Bonchev–Trinajstić information content (AvgIpc) is 3.20. The zero-order valence-electron chi connectivity index (χ0n) is 19.8. The van der Waals surface area contributed by atoms with E-state index in [1.165, 1.54) is 47.6 Å². The van der Waals surface area contributed by atoms with E-state index in [4.69, 9.17) is 4.74 Å². The molecule has 0 aliphatic rings. The molecule has 0 spiro atoms. The fourth-order valence-electron chi connectivity index (χ4n) is 3.12. The summed E-state index contributed by atoms with van der Waals surface area (Å²) >= 11 is 1.20. The van der Waals surface area contributed by atoms with Crippen molar-refractivity contribution in [2.24, 2.45) is 0 Å². The quantitative estimate of drug-likeness (QED) is 0.371. The van der Waals surface area contributed by atoms with Crippen molar-refractivity contribution in [3.8, 4) is 5.75 Å². The lowest BCUT2D eigenvalue weighted by Gasteiger charge is -2.22. The molecule has 2 aromatic carbocycles.